The number of aliphatic imine (C=N–C) groups is 1. The molecule has 182 valence electrons. The highest BCUT2D eigenvalue weighted by Gasteiger charge is 2.34. The summed E-state index contributed by atoms with van der Waals surface area (Å²) in [6.07, 6.45) is 3.58. The molecular weight excluding hydrogens is 438 g/mol. The van der Waals surface area contributed by atoms with Gasteiger partial charge < -0.3 is 20.1 Å². The van der Waals surface area contributed by atoms with E-state index in [1.807, 2.05) is 54.6 Å². The number of nitrogens with one attached hydrogen (secondary N) is 2. The molecule has 0 radical (unpaired) electrons. The molecule has 2 aromatic carbocycles. The average Bonchev–Trinajstić information content (AvgIpc) is 3.06. The molecule has 1 fully saturated rings. The molecule has 0 saturated carbocycles. The molecule has 7 nitrogen and oxygen atoms in total. The molecule has 1 saturated heterocycles. The van der Waals surface area contributed by atoms with E-state index in [1.165, 1.54) is 12.8 Å². The molecule has 3 heterocycles. The summed E-state index contributed by atoms with van der Waals surface area (Å²) in [5.74, 6) is 0.509. The Bertz CT molecular complexity index is 1220. The van der Waals surface area contributed by atoms with Crippen LogP contribution in [0.15, 0.2) is 59.6 Å². The number of aromatic nitrogens is 1. The lowest BCUT2D eigenvalue weighted by atomic mass is 10.1. The fraction of sp³-hybridized carbons (Fsp3) is 0.393. The van der Waals surface area contributed by atoms with Gasteiger partial charge in [-0.1, -0.05) is 57.0 Å². The first-order valence-corrected chi connectivity index (χ1v) is 12.6. The first-order valence-electron chi connectivity index (χ1n) is 12.6. The minimum atomic E-state index is -1.00. The number of likely N-dealkylation sites (tertiary alicyclic amines) is 1. The Morgan fingerprint density at radius 2 is 1.77 bits per heavy atom. The Balaban J connectivity index is 1.54. The van der Waals surface area contributed by atoms with E-state index < -0.39 is 6.17 Å². The zero-order valence-corrected chi connectivity index (χ0v) is 20.5. The highest BCUT2D eigenvalue weighted by molar-refractivity contribution is 6.13. The third-order valence-corrected chi connectivity index (χ3v) is 6.68. The van der Waals surface area contributed by atoms with Crippen LogP contribution < -0.4 is 10.2 Å². The van der Waals surface area contributed by atoms with Gasteiger partial charge in [-0.2, -0.15) is 0 Å². The van der Waals surface area contributed by atoms with Crippen LogP contribution in [0.25, 0.3) is 10.9 Å². The number of amides is 2. The largest absolute Gasteiger partial charge is 0.356 e. The van der Waals surface area contributed by atoms with Crippen molar-refractivity contribution in [3.8, 4) is 0 Å². The summed E-state index contributed by atoms with van der Waals surface area (Å²) in [5.41, 5.74) is 3.11. The second kappa shape index (κ2) is 9.94. The summed E-state index contributed by atoms with van der Waals surface area (Å²) >= 11 is 0. The number of H-pyrrole nitrogens is 1. The summed E-state index contributed by atoms with van der Waals surface area (Å²) in [5, 5.41) is 3.88. The predicted molar refractivity (Wildman–Crippen MR) is 140 cm³/mol. The number of benzodiazepines with no additional fused rings is 1. The molecule has 2 N–H and O–H groups in total. The van der Waals surface area contributed by atoms with Crippen molar-refractivity contribution in [1.29, 1.82) is 0 Å². The van der Waals surface area contributed by atoms with Gasteiger partial charge in [0.1, 0.15) is 11.5 Å². The number of amidine groups is 1. The van der Waals surface area contributed by atoms with Crippen molar-refractivity contribution >= 4 is 34.2 Å². The molecule has 2 aliphatic heterocycles. The minimum Gasteiger partial charge on any atom is -0.356 e. The fourth-order valence-electron chi connectivity index (χ4n) is 4.99. The number of para-hydroxylation sites is 2. The molecule has 0 aliphatic carbocycles. The maximum Gasteiger partial charge on any atom is 0.272 e. The van der Waals surface area contributed by atoms with Crippen LogP contribution in [0.2, 0.25) is 0 Å². The zero-order valence-electron chi connectivity index (χ0n) is 20.5. The van der Waals surface area contributed by atoms with Crippen molar-refractivity contribution in [3.63, 3.8) is 0 Å². The van der Waals surface area contributed by atoms with Crippen LogP contribution in [-0.4, -0.2) is 53.3 Å². The number of carbonyl (C=O) groups excluding carboxylic acids is 2. The number of aromatic amines is 1. The molecule has 0 bridgehead atoms. The van der Waals surface area contributed by atoms with Gasteiger partial charge in [0.2, 0.25) is 6.17 Å². The molecular formula is C28H33N5O2. The number of hydrogen-bond donors (Lipinski definition) is 2. The molecule has 5 rings (SSSR count). The second-order valence-electron chi connectivity index (χ2n) is 9.86. The lowest BCUT2D eigenvalue weighted by molar-refractivity contribution is -0.120. The highest BCUT2D eigenvalue weighted by Crippen LogP contribution is 2.29. The molecule has 0 spiro atoms. The number of hydrogen-bond acceptors (Lipinski definition) is 4. The Morgan fingerprint density at radius 1 is 1.06 bits per heavy atom. The summed E-state index contributed by atoms with van der Waals surface area (Å²) in [4.78, 5) is 39.3. The van der Waals surface area contributed by atoms with E-state index in [0.29, 0.717) is 12.2 Å². The van der Waals surface area contributed by atoms with Crippen LogP contribution in [0.4, 0.5) is 5.69 Å². The van der Waals surface area contributed by atoms with Gasteiger partial charge in [-0.15, -0.1) is 0 Å². The molecule has 3 aromatic rings. The second-order valence-corrected chi connectivity index (χ2v) is 9.86. The first-order chi connectivity index (χ1) is 17.0. The van der Waals surface area contributed by atoms with Gasteiger partial charge in [-0.25, -0.2) is 4.99 Å². The lowest BCUT2D eigenvalue weighted by Gasteiger charge is -2.28. The van der Waals surface area contributed by atoms with Gasteiger partial charge in [-0.05, 0) is 43.0 Å². The van der Waals surface area contributed by atoms with Crippen LogP contribution >= 0.6 is 0 Å². The molecule has 35 heavy (non-hydrogen) atoms. The highest BCUT2D eigenvalue weighted by atomic mass is 16.2. The third-order valence-electron chi connectivity index (χ3n) is 6.68. The number of nitrogens with zero attached hydrogens (tertiary/aromatic N) is 3. The summed E-state index contributed by atoms with van der Waals surface area (Å²) < 4.78 is 0. The lowest BCUT2D eigenvalue weighted by Crippen LogP contribution is -2.48. The number of rotatable bonds is 4. The fourth-order valence-corrected chi connectivity index (χ4v) is 4.99. The number of carbonyl (C=O) groups is 2. The van der Waals surface area contributed by atoms with E-state index in [9.17, 15) is 9.59 Å². The number of fused-ring (bicyclic) bond motifs is 2. The minimum absolute atomic E-state index is 0.208. The van der Waals surface area contributed by atoms with Gasteiger partial charge >= 0.3 is 0 Å². The van der Waals surface area contributed by atoms with Crippen LogP contribution in [-0.2, 0) is 4.79 Å². The molecule has 7 heteroatoms. The first kappa shape index (κ1) is 23.1. The predicted octanol–water partition coefficient (Wildman–Crippen LogP) is 4.55. The van der Waals surface area contributed by atoms with Crippen molar-refractivity contribution in [2.75, 3.05) is 24.5 Å². The quantitative estimate of drug-likeness (QED) is 0.586. The van der Waals surface area contributed by atoms with E-state index >= 15 is 0 Å². The standard InChI is InChI=1S/C28H33N5O2/c1-19(2)18-33-24-14-8-6-12-21(24)26(32-15-9-3-4-10-16-32)30-25(28(33)35)31-27(34)23-17-20-11-5-7-13-22(20)29-23/h5-8,11-14,17,19,25,29H,3-4,9-10,15-16,18H2,1-2H3,(H,31,34). The maximum atomic E-state index is 13.9. The van der Waals surface area contributed by atoms with Crippen LogP contribution in [0, 0.1) is 5.92 Å². The summed E-state index contributed by atoms with van der Waals surface area (Å²) in [6, 6.07) is 17.5. The Hall–Kier alpha value is -3.61. The van der Waals surface area contributed by atoms with Crippen LogP contribution in [0.3, 0.4) is 0 Å². The molecule has 2 aliphatic rings. The summed E-state index contributed by atoms with van der Waals surface area (Å²) in [6.45, 7) is 6.53. The zero-order chi connectivity index (χ0) is 24.4. The van der Waals surface area contributed by atoms with Gasteiger partial charge in [0.15, 0.2) is 0 Å². The molecule has 1 unspecified atom stereocenters. The molecule has 1 atom stereocenters. The topological polar surface area (TPSA) is 80.8 Å². The Kier molecular flexibility index (Phi) is 6.57. The molecule has 1 aromatic heterocycles. The van der Waals surface area contributed by atoms with Crippen molar-refractivity contribution in [3.05, 3.63) is 65.9 Å². The van der Waals surface area contributed by atoms with E-state index in [2.05, 4.69) is 29.0 Å². The van der Waals surface area contributed by atoms with Gasteiger partial charge in [-0.3, -0.25) is 9.59 Å². The normalized spacial score (nSPS) is 18.8. The Labute approximate surface area is 206 Å². The van der Waals surface area contributed by atoms with Crippen LogP contribution in [0.5, 0.6) is 0 Å². The van der Waals surface area contributed by atoms with E-state index in [-0.39, 0.29) is 17.7 Å². The van der Waals surface area contributed by atoms with Crippen LogP contribution in [0.1, 0.15) is 55.6 Å². The van der Waals surface area contributed by atoms with Crippen molar-refractivity contribution in [2.45, 2.75) is 45.7 Å². The smallest absolute Gasteiger partial charge is 0.272 e. The average molecular weight is 472 g/mol. The van der Waals surface area contributed by atoms with Crippen molar-refractivity contribution in [1.82, 2.24) is 15.2 Å². The molecule has 2 amide bonds. The van der Waals surface area contributed by atoms with Crippen molar-refractivity contribution in [2.24, 2.45) is 10.9 Å². The third kappa shape index (κ3) is 4.81. The van der Waals surface area contributed by atoms with Gasteiger partial charge in [0.25, 0.3) is 11.8 Å². The monoisotopic (exact) mass is 471 g/mol. The van der Waals surface area contributed by atoms with Gasteiger partial charge in [0.05, 0.1) is 5.69 Å². The maximum absolute atomic E-state index is 13.9. The SMILES string of the molecule is CC(C)CN1C(=O)C(NC(=O)c2cc3ccccc3[nH]2)N=C(N2CCCCCC2)c2ccccc21. The Morgan fingerprint density at radius 3 is 2.51 bits per heavy atom. The van der Waals surface area contributed by atoms with E-state index in [0.717, 1.165) is 53.9 Å². The van der Waals surface area contributed by atoms with E-state index in [4.69, 9.17) is 4.99 Å². The van der Waals surface area contributed by atoms with Crippen molar-refractivity contribution < 1.29 is 9.59 Å². The van der Waals surface area contributed by atoms with E-state index in [1.54, 1.807) is 4.90 Å². The van der Waals surface area contributed by atoms with Gasteiger partial charge in [0, 0.05) is 36.1 Å². The number of anilines is 1. The summed E-state index contributed by atoms with van der Waals surface area (Å²) in [7, 11) is 0. The number of benzene rings is 2.